The smallest absolute Gasteiger partial charge is 0.125 e. The first-order valence-corrected chi connectivity index (χ1v) is 2.79. The Morgan fingerprint density at radius 2 is 2.30 bits per heavy atom. The molecule has 1 rings (SSSR count). The molecule has 0 aromatic heterocycles. The molecule has 0 N–H and O–H groups in total. The normalized spacial score (nSPS) is 8.50. The van der Waals surface area contributed by atoms with Crippen LogP contribution in [-0.2, 0) is 4.79 Å². The van der Waals surface area contributed by atoms with Crippen molar-refractivity contribution in [3.63, 3.8) is 0 Å². The average molecular weight is 136 g/mol. The number of carbonyl (C=O) groups excluding carboxylic acids is 1. The molecule has 1 nitrogen and oxygen atoms in total. The molecule has 1 aromatic carbocycles. The Bertz CT molecular complexity index is 274. The van der Waals surface area contributed by atoms with Crippen molar-refractivity contribution in [3.8, 4) is 0 Å². The molecule has 0 atom stereocenters. The zero-order valence-electron chi connectivity index (χ0n) is 5.17. The molecular formula is C8H5FO. The summed E-state index contributed by atoms with van der Waals surface area (Å²) >= 11 is 0. The molecule has 0 amide bonds. The maximum atomic E-state index is 12.3. The summed E-state index contributed by atoms with van der Waals surface area (Å²) in [5.74, 6) is 1.23. The highest BCUT2D eigenvalue weighted by Gasteiger charge is 1.88. The highest BCUT2D eigenvalue weighted by atomic mass is 19.1. The fourth-order valence-electron chi connectivity index (χ4n) is 0.664. The molecule has 0 fully saturated rings. The van der Waals surface area contributed by atoms with Gasteiger partial charge in [-0.05, 0) is 17.7 Å². The second-order valence-corrected chi connectivity index (χ2v) is 1.82. The molecule has 0 saturated carbocycles. The van der Waals surface area contributed by atoms with Gasteiger partial charge in [0.2, 0.25) is 0 Å². The Balaban J connectivity index is 3.06. The van der Waals surface area contributed by atoms with E-state index in [1.807, 2.05) is 0 Å². The zero-order chi connectivity index (χ0) is 7.40. The first-order chi connectivity index (χ1) is 4.83. The average Bonchev–Trinajstić information content (AvgIpc) is 1.88. The molecule has 0 unspecified atom stereocenters. The Kier molecular flexibility index (Phi) is 1.98. The van der Waals surface area contributed by atoms with E-state index in [2.05, 4.69) is 0 Å². The van der Waals surface area contributed by atoms with Gasteiger partial charge in [0.15, 0.2) is 0 Å². The predicted octanol–water partition coefficient (Wildman–Crippen LogP) is 1.67. The van der Waals surface area contributed by atoms with E-state index >= 15 is 0 Å². The number of benzene rings is 1. The van der Waals surface area contributed by atoms with Crippen molar-refractivity contribution >= 4 is 12.0 Å². The molecular weight excluding hydrogens is 131 g/mol. The maximum Gasteiger partial charge on any atom is 0.125 e. The third-order valence-corrected chi connectivity index (χ3v) is 1.07. The van der Waals surface area contributed by atoms with Crippen molar-refractivity contribution in [2.24, 2.45) is 0 Å². The SMILES string of the molecule is O=C=Cc1cccc(F)c1. The van der Waals surface area contributed by atoms with Gasteiger partial charge in [-0.1, -0.05) is 12.1 Å². The largest absolute Gasteiger partial charge is 0.233 e. The van der Waals surface area contributed by atoms with Crippen LogP contribution in [0.2, 0.25) is 0 Å². The van der Waals surface area contributed by atoms with Crippen molar-refractivity contribution in [1.82, 2.24) is 0 Å². The molecule has 0 bridgehead atoms. The Hall–Kier alpha value is -1.40. The lowest BCUT2D eigenvalue weighted by atomic mass is 10.2. The number of hydrogen-bond donors (Lipinski definition) is 0. The summed E-state index contributed by atoms with van der Waals surface area (Å²) in [6, 6.07) is 5.76. The molecule has 0 aliphatic carbocycles. The van der Waals surface area contributed by atoms with E-state index in [1.54, 1.807) is 18.1 Å². The quantitative estimate of drug-likeness (QED) is 0.536. The highest BCUT2D eigenvalue weighted by molar-refractivity contribution is 5.74. The van der Waals surface area contributed by atoms with E-state index in [9.17, 15) is 9.18 Å². The van der Waals surface area contributed by atoms with Crippen molar-refractivity contribution < 1.29 is 9.18 Å². The Morgan fingerprint density at radius 1 is 1.50 bits per heavy atom. The van der Waals surface area contributed by atoms with Crippen LogP contribution in [0, 0.1) is 5.82 Å². The van der Waals surface area contributed by atoms with Gasteiger partial charge in [0.1, 0.15) is 11.8 Å². The third kappa shape index (κ3) is 1.54. The predicted molar refractivity (Wildman–Crippen MR) is 36.6 cm³/mol. The summed E-state index contributed by atoms with van der Waals surface area (Å²) in [6.07, 6.45) is 1.18. The summed E-state index contributed by atoms with van der Waals surface area (Å²) in [7, 11) is 0. The summed E-state index contributed by atoms with van der Waals surface area (Å²) < 4.78 is 12.3. The molecule has 0 spiro atoms. The van der Waals surface area contributed by atoms with Crippen molar-refractivity contribution in [1.29, 1.82) is 0 Å². The molecule has 0 radical (unpaired) electrons. The molecule has 0 aliphatic rings. The lowest BCUT2D eigenvalue weighted by Gasteiger charge is -1.88. The zero-order valence-corrected chi connectivity index (χ0v) is 5.17. The van der Waals surface area contributed by atoms with Gasteiger partial charge in [-0.2, -0.15) is 0 Å². The minimum Gasteiger partial charge on any atom is -0.233 e. The molecule has 2 heteroatoms. The first kappa shape index (κ1) is 6.72. The second-order valence-electron chi connectivity index (χ2n) is 1.82. The van der Waals surface area contributed by atoms with Crippen LogP contribution in [0.5, 0.6) is 0 Å². The molecule has 0 saturated heterocycles. The van der Waals surface area contributed by atoms with Gasteiger partial charge >= 0.3 is 0 Å². The van der Waals surface area contributed by atoms with Crippen LogP contribution in [0.25, 0.3) is 6.08 Å². The minimum atomic E-state index is -0.344. The molecule has 0 aliphatic heterocycles. The molecule has 50 valence electrons. The van der Waals surface area contributed by atoms with Gasteiger partial charge in [0.05, 0.1) is 0 Å². The van der Waals surface area contributed by atoms with Crippen LogP contribution in [-0.4, -0.2) is 5.94 Å². The lowest BCUT2D eigenvalue weighted by molar-refractivity contribution is 0.570. The van der Waals surface area contributed by atoms with Crippen molar-refractivity contribution in [2.45, 2.75) is 0 Å². The number of rotatable bonds is 1. The van der Waals surface area contributed by atoms with Crippen molar-refractivity contribution in [2.75, 3.05) is 0 Å². The van der Waals surface area contributed by atoms with E-state index in [4.69, 9.17) is 0 Å². The van der Waals surface area contributed by atoms with Crippen LogP contribution in [0.4, 0.5) is 4.39 Å². The van der Waals surface area contributed by atoms with Gasteiger partial charge < -0.3 is 0 Å². The standard InChI is InChI=1S/C8H5FO/c9-8-3-1-2-7(6-8)4-5-10/h1-4,6H. The maximum absolute atomic E-state index is 12.3. The van der Waals surface area contributed by atoms with Gasteiger partial charge in [-0.15, -0.1) is 0 Å². The Labute approximate surface area is 57.8 Å². The van der Waals surface area contributed by atoms with Gasteiger partial charge in [-0.3, -0.25) is 0 Å². The number of hydrogen-bond acceptors (Lipinski definition) is 1. The first-order valence-electron chi connectivity index (χ1n) is 2.79. The van der Waals surface area contributed by atoms with Crippen LogP contribution in [0.1, 0.15) is 5.56 Å². The minimum absolute atomic E-state index is 0.344. The summed E-state index contributed by atoms with van der Waals surface area (Å²) in [4.78, 5) is 9.78. The fourth-order valence-corrected chi connectivity index (χ4v) is 0.664. The van der Waals surface area contributed by atoms with E-state index in [0.29, 0.717) is 5.56 Å². The summed E-state index contributed by atoms with van der Waals surface area (Å²) in [5.41, 5.74) is 0.537. The monoisotopic (exact) mass is 136 g/mol. The van der Waals surface area contributed by atoms with Crippen LogP contribution >= 0.6 is 0 Å². The lowest BCUT2D eigenvalue weighted by Crippen LogP contribution is -1.74. The number of halogens is 1. The van der Waals surface area contributed by atoms with Gasteiger partial charge in [0, 0.05) is 6.08 Å². The van der Waals surface area contributed by atoms with E-state index in [0.717, 1.165) is 0 Å². The van der Waals surface area contributed by atoms with E-state index in [-0.39, 0.29) is 5.82 Å². The van der Waals surface area contributed by atoms with Crippen LogP contribution in [0.15, 0.2) is 24.3 Å². The van der Waals surface area contributed by atoms with E-state index in [1.165, 1.54) is 18.2 Å². The van der Waals surface area contributed by atoms with E-state index < -0.39 is 0 Å². The van der Waals surface area contributed by atoms with Crippen LogP contribution < -0.4 is 0 Å². The topological polar surface area (TPSA) is 17.1 Å². The molecule has 10 heavy (non-hydrogen) atoms. The molecule has 1 aromatic rings. The highest BCUT2D eigenvalue weighted by Crippen LogP contribution is 2.02. The fraction of sp³-hybridized carbons (Fsp3) is 0. The van der Waals surface area contributed by atoms with Gasteiger partial charge in [-0.25, -0.2) is 9.18 Å². The third-order valence-electron chi connectivity index (χ3n) is 1.07. The van der Waals surface area contributed by atoms with Crippen LogP contribution in [0.3, 0.4) is 0 Å². The van der Waals surface area contributed by atoms with Crippen molar-refractivity contribution in [3.05, 3.63) is 35.6 Å². The summed E-state index contributed by atoms with van der Waals surface area (Å²) in [6.45, 7) is 0. The summed E-state index contributed by atoms with van der Waals surface area (Å²) in [5, 5.41) is 0. The Morgan fingerprint density at radius 3 is 2.90 bits per heavy atom. The van der Waals surface area contributed by atoms with Gasteiger partial charge in [0.25, 0.3) is 0 Å². The molecule has 0 heterocycles. The second kappa shape index (κ2) is 2.95.